The predicted octanol–water partition coefficient (Wildman–Crippen LogP) is 1.45. The van der Waals surface area contributed by atoms with E-state index in [0.717, 1.165) is 24.9 Å². The van der Waals surface area contributed by atoms with Crippen LogP contribution in [0.5, 0.6) is 0 Å². The van der Waals surface area contributed by atoms with E-state index in [4.69, 9.17) is 5.26 Å². The Labute approximate surface area is 166 Å². The lowest BCUT2D eigenvalue weighted by Crippen LogP contribution is -2.42. The van der Waals surface area contributed by atoms with E-state index in [2.05, 4.69) is 11.4 Å². The average molecular weight is 392 g/mol. The molecule has 2 fully saturated rings. The minimum Gasteiger partial charge on any atom is -0.326 e. The van der Waals surface area contributed by atoms with Gasteiger partial charge in [-0.3, -0.25) is 4.79 Å². The number of urea groups is 1. The number of carbonyl (C=O) groups excluding carboxylic acids is 2. The quantitative estimate of drug-likeness (QED) is 0.713. The number of carbonyl (C=O) groups is 2. The highest BCUT2D eigenvalue weighted by Gasteiger charge is 2.29. The first-order valence-corrected chi connectivity index (χ1v) is 9.16. The summed E-state index contributed by atoms with van der Waals surface area (Å²) < 4.78 is 0. The zero-order valence-corrected chi connectivity index (χ0v) is 16.2. The van der Waals surface area contributed by atoms with Crippen LogP contribution in [-0.4, -0.2) is 71.9 Å². The van der Waals surface area contributed by atoms with Gasteiger partial charge in [0.2, 0.25) is 5.91 Å². The molecule has 2 aliphatic heterocycles. The molecule has 0 bridgehead atoms. The first-order chi connectivity index (χ1) is 12.7. The number of halogens is 1. The van der Waals surface area contributed by atoms with E-state index in [-0.39, 0.29) is 36.9 Å². The molecule has 0 spiro atoms. The summed E-state index contributed by atoms with van der Waals surface area (Å²) in [6, 6.07) is 11.9. The van der Waals surface area contributed by atoms with Crippen molar-refractivity contribution in [2.75, 3.05) is 39.3 Å². The summed E-state index contributed by atoms with van der Waals surface area (Å²) in [5, 5.41) is 12.2. The van der Waals surface area contributed by atoms with Crippen LogP contribution in [0, 0.1) is 11.3 Å². The first-order valence-electron chi connectivity index (χ1n) is 9.16. The monoisotopic (exact) mass is 391 g/mol. The van der Waals surface area contributed by atoms with Crippen molar-refractivity contribution in [3.63, 3.8) is 0 Å². The van der Waals surface area contributed by atoms with Crippen molar-refractivity contribution in [2.24, 2.45) is 0 Å². The van der Waals surface area contributed by atoms with Gasteiger partial charge >= 0.3 is 6.03 Å². The average Bonchev–Trinajstić information content (AvgIpc) is 3.27. The van der Waals surface area contributed by atoms with Gasteiger partial charge in [-0.2, -0.15) is 5.26 Å². The van der Waals surface area contributed by atoms with Crippen LogP contribution in [0.1, 0.15) is 18.4 Å². The number of nitrogens with one attached hydrogen (secondary N) is 1. The SMILES string of the molecule is Cl.N#C[C@@H]1CCCN1C(=O)CNCCN1CCN(Cc2ccccc2)C1=O. The third kappa shape index (κ3) is 5.34. The number of rotatable bonds is 7. The van der Waals surface area contributed by atoms with Crippen LogP contribution in [0.2, 0.25) is 0 Å². The van der Waals surface area contributed by atoms with E-state index in [9.17, 15) is 9.59 Å². The molecule has 8 heteroatoms. The molecule has 1 aromatic rings. The molecule has 2 heterocycles. The molecule has 1 N–H and O–H groups in total. The number of hydrogen-bond donors (Lipinski definition) is 1. The standard InChI is InChI=1S/C19H25N5O2.ClH/c20-13-17-7-4-9-24(17)18(25)14-21-8-10-22-11-12-23(19(22)26)15-16-5-2-1-3-6-16;/h1-3,5-6,17,21H,4,7-12,14-15H2;1H/t17-;/m0./s1. The topological polar surface area (TPSA) is 79.7 Å². The summed E-state index contributed by atoms with van der Waals surface area (Å²) in [6.07, 6.45) is 1.66. The summed E-state index contributed by atoms with van der Waals surface area (Å²) in [7, 11) is 0. The molecule has 1 atom stereocenters. The van der Waals surface area contributed by atoms with Gasteiger partial charge in [0.15, 0.2) is 0 Å². The Morgan fingerprint density at radius 2 is 1.93 bits per heavy atom. The third-order valence-electron chi connectivity index (χ3n) is 4.95. The lowest BCUT2D eigenvalue weighted by molar-refractivity contribution is -0.130. The number of nitriles is 1. The second kappa shape index (κ2) is 10.1. The predicted molar refractivity (Wildman–Crippen MR) is 104 cm³/mol. The minimum atomic E-state index is -0.281. The molecule has 7 nitrogen and oxygen atoms in total. The molecular weight excluding hydrogens is 366 g/mol. The molecule has 0 unspecified atom stereocenters. The van der Waals surface area contributed by atoms with Crippen molar-refractivity contribution >= 4 is 24.3 Å². The Kier molecular flexibility index (Phi) is 7.89. The van der Waals surface area contributed by atoms with Crippen LogP contribution < -0.4 is 5.32 Å². The molecule has 2 aliphatic rings. The normalized spacial score (nSPS) is 19.1. The van der Waals surface area contributed by atoms with Crippen molar-refractivity contribution in [2.45, 2.75) is 25.4 Å². The van der Waals surface area contributed by atoms with E-state index in [0.29, 0.717) is 32.7 Å². The highest BCUT2D eigenvalue weighted by atomic mass is 35.5. The molecule has 3 amide bonds. The number of likely N-dealkylation sites (tertiary alicyclic amines) is 1. The Balaban J connectivity index is 0.00000261. The molecule has 146 valence electrons. The van der Waals surface area contributed by atoms with Gasteiger partial charge in [-0.1, -0.05) is 30.3 Å². The Morgan fingerprint density at radius 3 is 2.67 bits per heavy atom. The number of benzene rings is 1. The fraction of sp³-hybridized carbons (Fsp3) is 0.526. The summed E-state index contributed by atoms with van der Waals surface area (Å²) in [5.74, 6) is -0.0347. The smallest absolute Gasteiger partial charge is 0.320 e. The van der Waals surface area contributed by atoms with Gasteiger partial charge in [0, 0.05) is 39.3 Å². The van der Waals surface area contributed by atoms with Gasteiger partial charge in [-0.25, -0.2) is 4.79 Å². The van der Waals surface area contributed by atoms with Crippen molar-refractivity contribution in [1.29, 1.82) is 5.26 Å². The lowest BCUT2D eigenvalue weighted by Gasteiger charge is -2.21. The minimum absolute atomic E-state index is 0. The van der Waals surface area contributed by atoms with Crippen molar-refractivity contribution in [3.8, 4) is 6.07 Å². The Morgan fingerprint density at radius 1 is 1.19 bits per heavy atom. The van der Waals surface area contributed by atoms with Gasteiger partial charge in [0.1, 0.15) is 6.04 Å². The van der Waals surface area contributed by atoms with Crippen LogP contribution in [0.4, 0.5) is 4.79 Å². The van der Waals surface area contributed by atoms with Gasteiger partial charge < -0.3 is 20.0 Å². The molecule has 3 rings (SSSR count). The molecule has 2 saturated heterocycles. The fourth-order valence-corrected chi connectivity index (χ4v) is 3.50. The van der Waals surface area contributed by atoms with E-state index in [1.807, 2.05) is 40.1 Å². The second-order valence-corrected chi connectivity index (χ2v) is 6.73. The molecule has 0 aromatic heterocycles. The maximum atomic E-state index is 12.4. The highest BCUT2D eigenvalue weighted by Crippen LogP contribution is 2.16. The summed E-state index contributed by atoms with van der Waals surface area (Å²) in [5.41, 5.74) is 1.13. The van der Waals surface area contributed by atoms with Crippen LogP contribution >= 0.6 is 12.4 Å². The van der Waals surface area contributed by atoms with Crippen molar-refractivity contribution in [1.82, 2.24) is 20.0 Å². The van der Waals surface area contributed by atoms with Crippen LogP contribution in [0.25, 0.3) is 0 Å². The molecule has 0 saturated carbocycles. The molecular formula is C19H26ClN5O2. The second-order valence-electron chi connectivity index (χ2n) is 6.73. The molecule has 0 aliphatic carbocycles. The first kappa shape index (κ1) is 21.0. The van der Waals surface area contributed by atoms with Crippen LogP contribution in [0.3, 0.4) is 0 Å². The van der Waals surface area contributed by atoms with Gasteiger partial charge in [-0.05, 0) is 18.4 Å². The van der Waals surface area contributed by atoms with Crippen molar-refractivity contribution in [3.05, 3.63) is 35.9 Å². The highest BCUT2D eigenvalue weighted by molar-refractivity contribution is 5.85. The van der Waals surface area contributed by atoms with Gasteiger partial charge in [0.25, 0.3) is 0 Å². The van der Waals surface area contributed by atoms with Crippen molar-refractivity contribution < 1.29 is 9.59 Å². The zero-order valence-electron chi connectivity index (χ0n) is 15.3. The third-order valence-corrected chi connectivity index (χ3v) is 4.95. The zero-order chi connectivity index (χ0) is 18.4. The number of amides is 3. The van der Waals surface area contributed by atoms with E-state index >= 15 is 0 Å². The van der Waals surface area contributed by atoms with Crippen LogP contribution in [0.15, 0.2) is 30.3 Å². The maximum absolute atomic E-state index is 12.4. The molecule has 0 radical (unpaired) electrons. The summed E-state index contributed by atoms with van der Waals surface area (Å²) in [6.45, 7) is 4.10. The molecule has 1 aromatic carbocycles. The molecule has 27 heavy (non-hydrogen) atoms. The fourth-order valence-electron chi connectivity index (χ4n) is 3.50. The Bertz CT molecular complexity index is 678. The van der Waals surface area contributed by atoms with E-state index in [1.54, 1.807) is 4.90 Å². The van der Waals surface area contributed by atoms with Gasteiger partial charge in [-0.15, -0.1) is 12.4 Å². The lowest BCUT2D eigenvalue weighted by atomic mass is 10.2. The number of nitrogens with zero attached hydrogens (tertiary/aromatic N) is 4. The maximum Gasteiger partial charge on any atom is 0.320 e. The summed E-state index contributed by atoms with van der Waals surface area (Å²) >= 11 is 0. The van der Waals surface area contributed by atoms with E-state index in [1.165, 1.54) is 0 Å². The van der Waals surface area contributed by atoms with E-state index < -0.39 is 0 Å². The Hall–Kier alpha value is -2.30. The number of hydrogen-bond acceptors (Lipinski definition) is 4. The van der Waals surface area contributed by atoms with Gasteiger partial charge in [0.05, 0.1) is 12.6 Å². The largest absolute Gasteiger partial charge is 0.326 e. The summed E-state index contributed by atoms with van der Waals surface area (Å²) in [4.78, 5) is 29.9. The van der Waals surface area contributed by atoms with Crippen LogP contribution in [-0.2, 0) is 11.3 Å².